The normalized spacial score (nSPS) is 12.3. The van der Waals surface area contributed by atoms with Crippen molar-refractivity contribution in [2.75, 3.05) is 0 Å². The maximum atomic E-state index is 10.6. The van der Waals surface area contributed by atoms with Gasteiger partial charge in [0.2, 0.25) is 0 Å². The lowest BCUT2D eigenvalue weighted by Gasteiger charge is -2.33. The summed E-state index contributed by atoms with van der Waals surface area (Å²) in [5, 5.41) is 17.5. The van der Waals surface area contributed by atoms with Crippen molar-refractivity contribution in [1.29, 1.82) is 0 Å². The van der Waals surface area contributed by atoms with Crippen LogP contribution in [0.25, 0.3) is 0 Å². The van der Waals surface area contributed by atoms with Gasteiger partial charge in [-0.25, -0.2) is 0 Å². The molecule has 4 nitrogen and oxygen atoms in total. The lowest BCUT2D eigenvalue weighted by Crippen LogP contribution is -2.49. The minimum Gasteiger partial charge on any atom is -0.507 e. The first kappa shape index (κ1) is 14.7. The van der Waals surface area contributed by atoms with Crippen LogP contribution in [0.1, 0.15) is 38.1 Å². The van der Waals surface area contributed by atoms with Crippen LogP contribution in [0.2, 0.25) is 0 Å². The molecule has 1 aromatic rings. The predicted molar refractivity (Wildman–Crippen MR) is 71.7 cm³/mol. The highest BCUT2D eigenvalue weighted by atomic mass is 16.5. The minimum atomic E-state index is -0.756. The highest BCUT2D eigenvalue weighted by Crippen LogP contribution is 2.24. The summed E-state index contributed by atoms with van der Waals surface area (Å²) in [6.07, 6.45) is 0.594. The Morgan fingerprint density at radius 2 is 1.94 bits per heavy atom. The summed E-state index contributed by atoms with van der Waals surface area (Å²) in [6, 6.07) is 4.66. The third kappa shape index (κ3) is 3.34. The van der Waals surface area contributed by atoms with Crippen LogP contribution >= 0.6 is 0 Å². The van der Waals surface area contributed by atoms with Gasteiger partial charge in [0.05, 0.1) is 5.56 Å². The van der Waals surface area contributed by atoms with Crippen LogP contribution in [0.3, 0.4) is 0 Å². The zero-order chi connectivity index (χ0) is 14.0. The van der Waals surface area contributed by atoms with E-state index in [0.29, 0.717) is 11.7 Å². The maximum absolute atomic E-state index is 10.6. The van der Waals surface area contributed by atoms with Crippen molar-refractivity contribution >= 4 is 19.2 Å². The lowest BCUT2D eigenvalue weighted by atomic mass is 9.82. The zero-order valence-corrected chi connectivity index (χ0v) is 11.2. The van der Waals surface area contributed by atoms with Crippen molar-refractivity contribution in [2.45, 2.75) is 38.9 Å². The fourth-order valence-corrected chi connectivity index (χ4v) is 1.10. The van der Waals surface area contributed by atoms with Crippen molar-refractivity contribution in [1.82, 2.24) is 0 Å². The van der Waals surface area contributed by atoms with E-state index >= 15 is 0 Å². The van der Waals surface area contributed by atoms with E-state index < -0.39 is 11.2 Å². The van der Waals surface area contributed by atoms with E-state index in [9.17, 15) is 9.90 Å². The Bertz CT molecular complexity index is 435. The van der Waals surface area contributed by atoms with Gasteiger partial charge in [-0.3, -0.25) is 4.79 Å². The topological polar surface area (TPSA) is 69.4 Å². The summed E-state index contributed by atoms with van der Waals surface area (Å²) in [5.74, 6) is -0.0784. The molecule has 0 saturated heterocycles. The second-order valence-corrected chi connectivity index (χ2v) is 5.31. The molecule has 0 spiro atoms. The van der Waals surface area contributed by atoms with E-state index in [4.69, 9.17) is 9.76 Å². The second kappa shape index (κ2) is 5.12. The minimum absolute atomic E-state index is 0.0784. The van der Waals surface area contributed by atoms with E-state index in [-0.39, 0.29) is 11.3 Å². The van der Waals surface area contributed by atoms with Gasteiger partial charge in [-0.2, -0.15) is 0 Å². The molecular formula is C13H19BO4+. The number of rotatable bonds is 5. The molecule has 0 aliphatic carbocycles. The van der Waals surface area contributed by atoms with E-state index in [1.807, 2.05) is 13.8 Å². The highest BCUT2D eigenvalue weighted by Gasteiger charge is 2.40. The van der Waals surface area contributed by atoms with Crippen molar-refractivity contribution in [3.8, 4) is 5.75 Å². The van der Waals surface area contributed by atoms with Gasteiger partial charge >= 0.3 is 7.48 Å². The fraction of sp³-hybridized carbons (Fsp3) is 0.462. The maximum Gasteiger partial charge on any atom is 0.331 e. The Hall–Kier alpha value is -1.33. The summed E-state index contributed by atoms with van der Waals surface area (Å²) in [7, 11) is 1.49. The molecule has 0 heterocycles. The quantitative estimate of drug-likeness (QED) is 0.476. The average Bonchev–Trinajstić information content (AvgIpc) is 2.25. The van der Waals surface area contributed by atoms with Crippen LogP contribution in [0, 0.1) is 0 Å². The number of hydrogen-bond acceptors (Lipinski definition) is 3. The number of phenolic OH excluding ortho intramolecular Hbond substituents is 1. The highest BCUT2D eigenvalue weighted by molar-refractivity contribution is 6.47. The summed E-state index contributed by atoms with van der Waals surface area (Å²) in [6.45, 7) is 7.20. The molecule has 5 heteroatoms. The van der Waals surface area contributed by atoms with E-state index in [1.165, 1.54) is 19.6 Å². The van der Waals surface area contributed by atoms with Crippen molar-refractivity contribution in [2.24, 2.45) is 0 Å². The molecule has 0 fully saturated rings. The number of phenols is 1. The molecule has 3 N–H and O–H groups in total. The number of carbonyl (C=O) groups is 1. The third-order valence-corrected chi connectivity index (χ3v) is 3.18. The van der Waals surface area contributed by atoms with Crippen LogP contribution in [-0.4, -0.2) is 35.2 Å². The second-order valence-electron chi connectivity index (χ2n) is 5.31. The Labute approximate surface area is 108 Å². The van der Waals surface area contributed by atoms with Gasteiger partial charge in [0.25, 0.3) is 0 Å². The Balaban J connectivity index is 2.76. The summed E-state index contributed by atoms with van der Waals surface area (Å²) >= 11 is 0. The van der Waals surface area contributed by atoms with Gasteiger partial charge < -0.3 is 14.9 Å². The molecule has 1 rings (SSSR count). The number of carbonyl (C=O) groups excluding carboxylic acids is 1. The molecule has 1 aromatic carbocycles. The molecule has 0 saturated carbocycles. The molecule has 0 bridgehead atoms. The van der Waals surface area contributed by atoms with Gasteiger partial charge in [0.1, 0.15) is 11.4 Å². The molecule has 0 atom stereocenters. The number of benzene rings is 1. The smallest absolute Gasteiger partial charge is 0.331 e. The average molecular weight is 250 g/mol. The third-order valence-electron chi connectivity index (χ3n) is 3.18. The van der Waals surface area contributed by atoms with Crippen LogP contribution in [0.5, 0.6) is 5.75 Å². The van der Waals surface area contributed by atoms with Gasteiger partial charge in [-0.1, -0.05) is 6.07 Å². The summed E-state index contributed by atoms with van der Waals surface area (Å²) in [5.41, 5.74) is -0.525. The Morgan fingerprint density at radius 3 is 2.39 bits per heavy atom. The van der Waals surface area contributed by atoms with Gasteiger partial charge in [0, 0.05) is 13.8 Å². The van der Waals surface area contributed by atoms with Crippen LogP contribution in [0.4, 0.5) is 0 Å². The molecule has 0 unspecified atom stereocenters. The van der Waals surface area contributed by atoms with E-state index in [0.717, 1.165) is 0 Å². The van der Waals surface area contributed by atoms with Gasteiger partial charge in [-0.05, 0) is 31.4 Å². The van der Waals surface area contributed by atoms with E-state index in [2.05, 4.69) is 0 Å². The Morgan fingerprint density at radius 1 is 1.33 bits per heavy atom. The first-order chi connectivity index (χ1) is 8.17. The Kier molecular flexibility index (Phi) is 4.19. The first-order valence-electron chi connectivity index (χ1n) is 5.71. The monoisotopic (exact) mass is 250 g/mol. The molecule has 0 aromatic heterocycles. The van der Waals surface area contributed by atoms with Gasteiger partial charge in [-0.15, -0.1) is 0 Å². The standard InChI is InChI=1S/C13H18BO4/c1-12(2,17)13(3,4)18-14-10-6-5-9(8-15)11(16)7-10/h5-8,16-17H,1-4H3/p+1. The largest absolute Gasteiger partial charge is 0.507 e. The molecule has 97 valence electrons. The molecule has 0 aliphatic heterocycles. The summed E-state index contributed by atoms with van der Waals surface area (Å²) in [4.78, 5) is 10.6. The van der Waals surface area contributed by atoms with Crippen molar-refractivity contribution in [3.63, 3.8) is 0 Å². The van der Waals surface area contributed by atoms with E-state index in [1.54, 1.807) is 19.9 Å². The van der Waals surface area contributed by atoms with Crippen molar-refractivity contribution < 1.29 is 19.7 Å². The summed E-state index contributed by atoms with van der Waals surface area (Å²) < 4.78 is 5.60. The molecule has 18 heavy (non-hydrogen) atoms. The van der Waals surface area contributed by atoms with Gasteiger partial charge in [0.15, 0.2) is 11.9 Å². The van der Waals surface area contributed by atoms with Crippen LogP contribution in [0.15, 0.2) is 18.2 Å². The zero-order valence-electron chi connectivity index (χ0n) is 11.2. The van der Waals surface area contributed by atoms with Crippen molar-refractivity contribution in [3.05, 3.63) is 23.8 Å². The molecule has 1 radical (unpaired) electrons. The number of hydrogen-bond donors (Lipinski definition) is 1. The SMILES string of the molecule is CC(C)([OH2+])C(C)(C)O[B]c1ccc(C=O)c(O)c1. The first-order valence-corrected chi connectivity index (χ1v) is 5.71. The van der Waals surface area contributed by atoms with Crippen LogP contribution in [-0.2, 0) is 4.65 Å². The lowest BCUT2D eigenvalue weighted by molar-refractivity contribution is -0.0893. The molecule has 0 amide bonds. The molecule has 0 aliphatic rings. The van der Waals surface area contributed by atoms with Crippen LogP contribution < -0.4 is 5.46 Å². The number of aromatic hydroxyl groups is 1. The molecular weight excluding hydrogens is 231 g/mol. The fourth-order valence-electron chi connectivity index (χ4n) is 1.10. The number of aldehydes is 1. The predicted octanol–water partition coefficient (Wildman–Crippen LogP) is 0.748.